The third-order valence-electron chi connectivity index (χ3n) is 4.80. The van der Waals surface area contributed by atoms with Crippen LogP contribution in [0.5, 0.6) is 5.75 Å². The second kappa shape index (κ2) is 10.8. The van der Waals surface area contributed by atoms with Crippen LogP contribution in [0.25, 0.3) is 0 Å². The molecule has 6 heteroatoms. The number of nitrogens with zero attached hydrogens (tertiary/aromatic N) is 1. The van der Waals surface area contributed by atoms with Crippen molar-refractivity contribution in [1.82, 2.24) is 10.2 Å². The van der Waals surface area contributed by atoms with Crippen molar-refractivity contribution in [3.05, 3.63) is 59.7 Å². The van der Waals surface area contributed by atoms with Crippen LogP contribution >= 0.6 is 0 Å². The highest BCUT2D eigenvalue weighted by Crippen LogP contribution is 2.15. The summed E-state index contributed by atoms with van der Waals surface area (Å²) in [6.07, 6.45) is 1.12. The van der Waals surface area contributed by atoms with Gasteiger partial charge in [0.15, 0.2) is 0 Å². The quantitative estimate of drug-likeness (QED) is 0.652. The third-order valence-corrected chi connectivity index (χ3v) is 4.80. The molecule has 1 aliphatic rings. The molecule has 1 heterocycles. The SMILES string of the molecule is COc1ccc(C(=O)Nc2cccc(CNCCCN3CCOCC3)c2)cc1. The van der Waals surface area contributed by atoms with Gasteiger partial charge >= 0.3 is 0 Å². The van der Waals surface area contributed by atoms with Crippen LogP contribution in [0.1, 0.15) is 22.3 Å². The summed E-state index contributed by atoms with van der Waals surface area (Å²) in [4.78, 5) is 14.8. The summed E-state index contributed by atoms with van der Waals surface area (Å²) < 4.78 is 10.5. The Morgan fingerprint density at radius 1 is 1.14 bits per heavy atom. The van der Waals surface area contributed by atoms with Gasteiger partial charge in [-0.3, -0.25) is 9.69 Å². The highest BCUT2D eigenvalue weighted by molar-refractivity contribution is 6.04. The van der Waals surface area contributed by atoms with Crippen LogP contribution in [-0.4, -0.2) is 57.3 Å². The first-order valence-electron chi connectivity index (χ1n) is 9.80. The molecule has 1 fully saturated rings. The van der Waals surface area contributed by atoms with Crippen LogP contribution in [0.3, 0.4) is 0 Å². The Bertz CT molecular complexity index is 743. The fraction of sp³-hybridized carbons (Fsp3) is 0.409. The van der Waals surface area contributed by atoms with E-state index < -0.39 is 0 Å². The number of nitrogens with one attached hydrogen (secondary N) is 2. The Labute approximate surface area is 166 Å². The van der Waals surface area contributed by atoms with Crippen molar-refractivity contribution in [2.75, 3.05) is 51.8 Å². The van der Waals surface area contributed by atoms with E-state index in [1.807, 2.05) is 18.2 Å². The van der Waals surface area contributed by atoms with Gasteiger partial charge in [0.05, 0.1) is 20.3 Å². The van der Waals surface area contributed by atoms with E-state index in [2.05, 4.69) is 21.6 Å². The van der Waals surface area contributed by atoms with E-state index in [9.17, 15) is 4.79 Å². The zero-order chi connectivity index (χ0) is 19.6. The number of carbonyl (C=O) groups is 1. The third kappa shape index (κ3) is 6.34. The van der Waals surface area contributed by atoms with E-state index in [4.69, 9.17) is 9.47 Å². The lowest BCUT2D eigenvalue weighted by Gasteiger charge is -2.26. The summed E-state index contributed by atoms with van der Waals surface area (Å²) >= 11 is 0. The number of amides is 1. The van der Waals surface area contributed by atoms with Crippen molar-refractivity contribution < 1.29 is 14.3 Å². The highest BCUT2D eigenvalue weighted by Gasteiger charge is 2.09. The maximum Gasteiger partial charge on any atom is 0.255 e. The molecule has 1 saturated heterocycles. The molecule has 0 bridgehead atoms. The van der Waals surface area contributed by atoms with Crippen LogP contribution in [0, 0.1) is 0 Å². The highest BCUT2D eigenvalue weighted by atomic mass is 16.5. The van der Waals surface area contributed by atoms with Gasteiger partial charge < -0.3 is 20.1 Å². The molecule has 0 saturated carbocycles. The fourth-order valence-corrected chi connectivity index (χ4v) is 3.19. The normalized spacial score (nSPS) is 14.6. The molecule has 2 aromatic rings. The zero-order valence-corrected chi connectivity index (χ0v) is 16.4. The number of carbonyl (C=O) groups excluding carboxylic acids is 1. The van der Waals surface area contributed by atoms with E-state index in [1.165, 1.54) is 0 Å². The Hall–Kier alpha value is -2.41. The number of hydrogen-bond donors (Lipinski definition) is 2. The summed E-state index contributed by atoms with van der Waals surface area (Å²) in [5, 5.41) is 6.44. The van der Waals surface area contributed by atoms with Gasteiger partial charge in [0.25, 0.3) is 5.91 Å². The minimum atomic E-state index is -0.127. The van der Waals surface area contributed by atoms with Gasteiger partial charge in [0, 0.05) is 30.9 Å². The Kier molecular flexibility index (Phi) is 7.84. The van der Waals surface area contributed by atoms with Crippen molar-refractivity contribution in [2.45, 2.75) is 13.0 Å². The minimum Gasteiger partial charge on any atom is -0.497 e. The first kappa shape index (κ1) is 20.3. The molecule has 0 radical (unpaired) electrons. The molecular formula is C22H29N3O3. The van der Waals surface area contributed by atoms with Gasteiger partial charge in [-0.25, -0.2) is 0 Å². The van der Waals surface area contributed by atoms with Crippen molar-refractivity contribution in [3.63, 3.8) is 0 Å². The van der Waals surface area contributed by atoms with E-state index in [0.717, 1.165) is 69.4 Å². The Balaban J connectivity index is 1.42. The molecule has 3 rings (SSSR count). The summed E-state index contributed by atoms with van der Waals surface area (Å²) in [5.74, 6) is 0.608. The molecule has 0 aliphatic carbocycles. The molecule has 1 amide bonds. The second-order valence-corrected chi connectivity index (χ2v) is 6.87. The molecule has 0 aromatic heterocycles. The Morgan fingerprint density at radius 3 is 2.68 bits per heavy atom. The molecule has 0 unspecified atom stereocenters. The lowest BCUT2D eigenvalue weighted by Crippen LogP contribution is -2.37. The van der Waals surface area contributed by atoms with Gasteiger partial charge in [0.2, 0.25) is 0 Å². The molecule has 0 atom stereocenters. The molecule has 2 aromatic carbocycles. The summed E-state index contributed by atoms with van der Waals surface area (Å²) in [6.45, 7) is 6.64. The number of benzene rings is 2. The predicted octanol–water partition coefficient (Wildman–Crippen LogP) is 2.76. The minimum absolute atomic E-state index is 0.127. The smallest absolute Gasteiger partial charge is 0.255 e. The summed E-state index contributed by atoms with van der Waals surface area (Å²) in [7, 11) is 1.61. The van der Waals surface area contributed by atoms with Crippen molar-refractivity contribution in [3.8, 4) is 5.75 Å². The van der Waals surface area contributed by atoms with Crippen LogP contribution in [0.2, 0.25) is 0 Å². The fourth-order valence-electron chi connectivity index (χ4n) is 3.19. The zero-order valence-electron chi connectivity index (χ0n) is 16.4. The number of anilines is 1. The second-order valence-electron chi connectivity index (χ2n) is 6.87. The van der Waals surface area contributed by atoms with E-state index in [-0.39, 0.29) is 5.91 Å². The van der Waals surface area contributed by atoms with E-state index in [1.54, 1.807) is 31.4 Å². The van der Waals surface area contributed by atoms with Crippen LogP contribution in [-0.2, 0) is 11.3 Å². The molecule has 6 nitrogen and oxygen atoms in total. The lowest BCUT2D eigenvalue weighted by molar-refractivity contribution is 0.0374. The monoisotopic (exact) mass is 383 g/mol. The Morgan fingerprint density at radius 2 is 1.93 bits per heavy atom. The van der Waals surface area contributed by atoms with Gasteiger partial charge in [-0.15, -0.1) is 0 Å². The van der Waals surface area contributed by atoms with Crippen LogP contribution in [0.15, 0.2) is 48.5 Å². The number of methoxy groups -OCH3 is 1. The number of ether oxygens (including phenoxy) is 2. The average Bonchev–Trinajstić information content (AvgIpc) is 2.74. The number of rotatable bonds is 9. The van der Waals surface area contributed by atoms with Gasteiger partial charge in [-0.2, -0.15) is 0 Å². The van der Waals surface area contributed by atoms with E-state index in [0.29, 0.717) is 5.56 Å². The topological polar surface area (TPSA) is 62.8 Å². The predicted molar refractivity (Wildman–Crippen MR) is 111 cm³/mol. The van der Waals surface area contributed by atoms with Crippen molar-refractivity contribution in [2.24, 2.45) is 0 Å². The maximum atomic E-state index is 12.4. The average molecular weight is 383 g/mol. The van der Waals surface area contributed by atoms with E-state index >= 15 is 0 Å². The maximum absolute atomic E-state index is 12.4. The van der Waals surface area contributed by atoms with Crippen LogP contribution < -0.4 is 15.4 Å². The molecular weight excluding hydrogens is 354 g/mol. The standard InChI is InChI=1S/C22H29N3O3/c1-27-21-8-6-19(7-9-21)22(26)24-20-5-2-4-18(16-20)17-23-10-3-11-25-12-14-28-15-13-25/h2,4-9,16,23H,3,10-15,17H2,1H3,(H,24,26). The van der Waals surface area contributed by atoms with Crippen molar-refractivity contribution >= 4 is 11.6 Å². The van der Waals surface area contributed by atoms with Gasteiger partial charge in [0.1, 0.15) is 5.75 Å². The molecule has 0 spiro atoms. The molecule has 2 N–H and O–H groups in total. The van der Waals surface area contributed by atoms with Gasteiger partial charge in [-0.1, -0.05) is 12.1 Å². The molecule has 28 heavy (non-hydrogen) atoms. The summed E-state index contributed by atoms with van der Waals surface area (Å²) in [5.41, 5.74) is 2.56. The summed E-state index contributed by atoms with van der Waals surface area (Å²) in [6, 6.07) is 15.0. The molecule has 150 valence electrons. The lowest BCUT2D eigenvalue weighted by atomic mass is 10.1. The number of hydrogen-bond acceptors (Lipinski definition) is 5. The molecule has 1 aliphatic heterocycles. The largest absolute Gasteiger partial charge is 0.497 e. The van der Waals surface area contributed by atoms with Crippen molar-refractivity contribution in [1.29, 1.82) is 0 Å². The first-order valence-corrected chi connectivity index (χ1v) is 9.80. The number of morpholine rings is 1. The first-order chi connectivity index (χ1) is 13.7. The van der Waals surface area contributed by atoms with Crippen LogP contribution in [0.4, 0.5) is 5.69 Å². The van der Waals surface area contributed by atoms with Gasteiger partial charge in [-0.05, 0) is 61.5 Å².